The zero-order valence-electron chi connectivity index (χ0n) is 12.1. The van der Waals surface area contributed by atoms with Gasteiger partial charge in [-0.3, -0.25) is 0 Å². The fraction of sp³-hybridized carbons (Fsp3) is 0.647. The molecule has 0 aliphatic carbocycles. The fourth-order valence-electron chi connectivity index (χ4n) is 2.92. The van der Waals surface area contributed by atoms with Crippen LogP contribution in [0.2, 0.25) is 0 Å². The van der Waals surface area contributed by atoms with Crippen LogP contribution < -0.4 is 0 Å². The summed E-state index contributed by atoms with van der Waals surface area (Å²) in [7, 11) is 0. The molecule has 1 aliphatic heterocycles. The molecule has 0 aromatic heterocycles. The van der Waals surface area contributed by atoms with E-state index in [1.807, 2.05) is 0 Å². The summed E-state index contributed by atoms with van der Waals surface area (Å²) in [6, 6.07) is 8.87. The third-order valence-electron chi connectivity index (χ3n) is 4.16. The SMILES string of the molecule is CCCCc1ccc(C(Cl)C2CCOC2CC)cc1. The molecular weight excluding hydrogens is 256 g/mol. The maximum atomic E-state index is 6.66. The number of rotatable bonds is 6. The average Bonchev–Trinajstić information content (AvgIpc) is 2.93. The van der Waals surface area contributed by atoms with Gasteiger partial charge < -0.3 is 4.74 Å². The van der Waals surface area contributed by atoms with Gasteiger partial charge in [0.05, 0.1) is 11.5 Å². The molecule has 0 amide bonds. The van der Waals surface area contributed by atoms with E-state index in [4.69, 9.17) is 16.3 Å². The second kappa shape index (κ2) is 7.31. The van der Waals surface area contributed by atoms with Crippen molar-refractivity contribution in [3.63, 3.8) is 0 Å². The van der Waals surface area contributed by atoms with Crippen molar-refractivity contribution >= 4 is 11.6 Å². The zero-order valence-corrected chi connectivity index (χ0v) is 12.8. The van der Waals surface area contributed by atoms with Crippen molar-refractivity contribution in [1.82, 2.24) is 0 Å². The van der Waals surface area contributed by atoms with Gasteiger partial charge in [0.15, 0.2) is 0 Å². The quantitative estimate of drug-likeness (QED) is 0.657. The van der Waals surface area contributed by atoms with Gasteiger partial charge in [0.1, 0.15) is 0 Å². The first-order valence-corrected chi connectivity index (χ1v) is 8.04. The lowest BCUT2D eigenvalue weighted by Gasteiger charge is -2.22. The molecule has 106 valence electrons. The third-order valence-corrected chi connectivity index (χ3v) is 4.73. The Balaban J connectivity index is 2.00. The van der Waals surface area contributed by atoms with Crippen LogP contribution >= 0.6 is 11.6 Å². The van der Waals surface area contributed by atoms with Crippen molar-refractivity contribution in [2.45, 2.75) is 57.4 Å². The van der Waals surface area contributed by atoms with Crippen LogP contribution in [0.4, 0.5) is 0 Å². The lowest BCUT2D eigenvalue weighted by atomic mass is 9.91. The smallest absolute Gasteiger partial charge is 0.0639 e. The van der Waals surface area contributed by atoms with E-state index < -0.39 is 0 Å². The first-order chi connectivity index (χ1) is 9.26. The van der Waals surface area contributed by atoms with Crippen LogP contribution in [0.1, 0.15) is 56.0 Å². The molecule has 1 aromatic carbocycles. The lowest BCUT2D eigenvalue weighted by molar-refractivity contribution is 0.0864. The Labute approximate surface area is 122 Å². The highest BCUT2D eigenvalue weighted by atomic mass is 35.5. The molecule has 0 bridgehead atoms. The van der Waals surface area contributed by atoms with E-state index in [0.717, 1.165) is 19.4 Å². The van der Waals surface area contributed by atoms with Crippen molar-refractivity contribution in [1.29, 1.82) is 0 Å². The molecule has 2 heteroatoms. The van der Waals surface area contributed by atoms with Crippen LogP contribution in [0, 0.1) is 5.92 Å². The highest BCUT2D eigenvalue weighted by Crippen LogP contribution is 2.39. The maximum Gasteiger partial charge on any atom is 0.0639 e. The average molecular weight is 281 g/mol. The molecule has 1 nitrogen and oxygen atoms in total. The molecule has 0 radical (unpaired) electrons. The van der Waals surface area contributed by atoms with Crippen LogP contribution in [-0.2, 0) is 11.2 Å². The topological polar surface area (TPSA) is 9.23 Å². The number of benzene rings is 1. The summed E-state index contributed by atoms with van der Waals surface area (Å²) in [5.41, 5.74) is 2.67. The van der Waals surface area contributed by atoms with E-state index in [2.05, 4.69) is 38.1 Å². The Kier molecular flexibility index (Phi) is 5.72. The Morgan fingerprint density at radius 2 is 2.00 bits per heavy atom. The predicted molar refractivity (Wildman–Crippen MR) is 81.8 cm³/mol. The highest BCUT2D eigenvalue weighted by Gasteiger charge is 2.33. The Bertz CT molecular complexity index is 373. The van der Waals surface area contributed by atoms with Crippen LogP contribution in [0.15, 0.2) is 24.3 Å². The second-order valence-electron chi connectivity index (χ2n) is 5.52. The third kappa shape index (κ3) is 3.73. The maximum absolute atomic E-state index is 6.66. The van der Waals surface area contributed by atoms with Crippen molar-refractivity contribution in [3.8, 4) is 0 Å². The minimum atomic E-state index is 0.0904. The first kappa shape index (κ1) is 14.9. The standard InChI is InChI=1S/C17H25ClO/c1-3-5-6-13-7-9-14(10-8-13)17(18)15-11-12-19-16(15)4-2/h7-10,15-17H,3-6,11-12H2,1-2H3. The van der Waals surface area contributed by atoms with E-state index in [9.17, 15) is 0 Å². The normalized spacial score (nSPS) is 24.6. The zero-order chi connectivity index (χ0) is 13.7. The molecule has 1 fully saturated rings. The molecule has 0 saturated carbocycles. The molecule has 19 heavy (non-hydrogen) atoms. The Hall–Kier alpha value is -0.530. The molecule has 0 N–H and O–H groups in total. The van der Waals surface area contributed by atoms with E-state index >= 15 is 0 Å². The number of alkyl halides is 1. The highest BCUT2D eigenvalue weighted by molar-refractivity contribution is 6.21. The van der Waals surface area contributed by atoms with Crippen molar-refractivity contribution in [3.05, 3.63) is 35.4 Å². The molecule has 0 spiro atoms. The van der Waals surface area contributed by atoms with Gasteiger partial charge in [-0.15, -0.1) is 11.6 Å². The summed E-state index contributed by atoms with van der Waals surface area (Å²) in [6.45, 7) is 5.27. The molecule has 1 aliphatic rings. The minimum absolute atomic E-state index is 0.0904. The summed E-state index contributed by atoms with van der Waals surface area (Å²) in [6.07, 6.45) is 6.16. The number of aryl methyl sites for hydroxylation is 1. The van der Waals surface area contributed by atoms with Crippen molar-refractivity contribution in [2.75, 3.05) is 6.61 Å². The Morgan fingerprint density at radius 3 is 2.63 bits per heavy atom. The monoisotopic (exact) mass is 280 g/mol. The Morgan fingerprint density at radius 1 is 1.26 bits per heavy atom. The molecule has 1 aromatic rings. The van der Waals surface area contributed by atoms with E-state index in [0.29, 0.717) is 12.0 Å². The van der Waals surface area contributed by atoms with Gasteiger partial charge in [0.25, 0.3) is 0 Å². The summed E-state index contributed by atoms with van der Waals surface area (Å²) in [5, 5.41) is 0.0904. The molecular formula is C17H25ClO. The van der Waals surface area contributed by atoms with Gasteiger partial charge in [0, 0.05) is 12.5 Å². The van der Waals surface area contributed by atoms with E-state index in [-0.39, 0.29) is 5.38 Å². The predicted octanol–water partition coefficient (Wildman–Crippen LogP) is 5.12. The fourth-order valence-corrected chi connectivity index (χ4v) is 3.35. The molecule has 3 atom stereocenters. The second-order valence-corrected chi connectivity index (χ2v) is 5.99. The molecule has 1 heterocycles. The molecule has 1 saturated heterocycles. The summed E-state index contributed by atoms with van der Waals surface area (Å²) < 4.78 is 5.75. The van der Waals surface area contributed by atoms with Crippen molar-refractivity contribution in [2.24, 2.45) is 5.92 Å². The summed E-state index contributed by atoms with van der Waals surface area (Å²) in [4.78, 5) is 0. The van der Waals surface area contributed by atoms with Gasteiger partial charge in [-0.2, -0.15) is 0 Å². The van der Waals surface area contributed by atoms with Crippen molar-refractivity contribution < 1.29 is 4.74 Å². The largest absolute Gasteiger partial charge is 0.378 e. The summed E-state index contributed by atoms with van der Waals surface area (Å²) >= 11 is 6.66. The van der Waals surface area contributed by atoms with Gasteiger partial charge >= 0.3 is 0 Å². The lowest BCUT2D eigenvalue weighted by Crippen LogP contribution is -2.19. The van der Waals surface area contributed by atoms with Crippen LogP contribution in [0.5, 0.6) is 0 Å². The van der Waals surface area contributed by atoms with E-state index in [1.165, 1.54) is 30.4 Å². The number of hydrogen-bond donors (Lipinski definition) is 0. The first-order valence-electron chi connectivity index (χ1n) is 7.60. The number of ether oxygens (including phenoxy) is 1. The van der Waals surface area contributed by atoms with Crippen LogP contribution in [-0.4, -0.2) is 12.7 Å². The van der Waals surface area contributed by atoms with Crippen LogP contribution in [0.3, 0.4) is 0 Å². The number of halogens is 1. The van der Waals surface area contributed by atoms with Gasteiger partial charge in [-0.05, 0) is 36.8 Å². The molecule has 3 unspecified atom stereocenters. The number of unbranched alkanes of at least 4 members (excludes halogenated alkanes) is 1. The molecule has 2 rings (SSSR count). The van der Waals surface area contributed by atoms with Crippen LogP contribution in [0.25, 0.3) is 0 Å². The van der Waals surface area contributed by atoms with Gasteiger partial charge in [-0.25, -0.2) is 0 Å². The number of hydrogen-bond acceptors (Lipinski definition) is 1. The summed E-state index contributed by atoms with van der Waals surface area (Å²) in [5.74, 6) is 0.466. The van der Waals surface area contributed by atoms with E-state index in [1.54, 1.807) is 0 Å². The van der Waals surface area contributed by atoms with Gasteiger partial charge in [-0.1, -0.05) is 44.5 Å². The van der Waals surface area contributed by atoms with Gasteiger partial charge in [0.2, 0.25) is 0 Å². The minimum Gasteiger partial charge on any atom is -0.378 e.